The largest absolute Gasteiger partial charge is 0.378 e. The normalized spacial score (nSPS) is 9.84. The van der Waals surface area contributed by atoms with E-state index in [0.29, 0.717) is 22.3 Å². The standard InChI is InChI=1S/C11H11ClN4S.C5H5NOS/c1-17-11-15-7-14-10(16-11)6-13-9-4-2-3-8(12)5-9;6-5(7)4-2-1-3-8-4/h2-5,7,13H,6H2,1H3;1-3H,(H2,6,7). The Balaban J connectivity index is 0.000000236. The molecule has 0 saturated heterocycles. The van der Waals surface area contributed by atoms with E-state index in [2.05, 4.69) is 20.3 Å². The second-order valence-corrected chi connectivity index (χ2v) is 6.75. The zero-order valence-electron chi connectivity index (χ0n) is 13.3. The molecule has 25 heavy (non-hydrogen) atoms. The highest BCUT2D eigenvalue weighted by Gasteiger charge is 2.00. The molecule has 0 fully saturated rings. The molecular weight excluding hydrogens is 378 g/mol. The highest BCUT2D eigenvalue weighted by Crippen LogP contribution is 2.15. The molecule has 9 heteroatoms. The van der Waals surface area contributed by atoms with E-state index in [-0.39, 0.29) is 5.91 Å². The van der Waals surface area contributed by atoms with Crippen LogP contribution in [-0.4, -0.2) is 27.1 Å². The molecule has 0 bridgehead atoms. The molecule has 0 aliphatic rings. The second-order valence-electron chi connectivity index (χ2n) is 4.59. The first kappa shape index (κ1) is 19.2. The van der Waals surface area contributed by atoms with Gasteiger partial charge >= 0.3 is 0 Å². The topological polar surface area (TPSA) is 93.8 Å². The van der Waals surface area contributed by atoms with Crippen LogP contribution in [0.15, 0.2) is 53.3 Å². The number of thiophene rings is 1. The summed E-state index contributed by atoms with van der Waals surface area (Å²) in [6.45, 7) is 0.552. The number of anilines is 1. The van der Waals surface area contributed by atoms with Crippen molar-refractivity contribution in [1.29, 1.82) is 0 Å². The van der Waals surface area contributed by atoms with Gasteiger partial charge in [0.2, 0.25) is 0 Å². The van der Waals surface area contributed by atoms with Crippen molar-refractivity contribution in [2.45, 2.75) is 11.7 Å². The third-order valence-corrected chi connectivity index (χ3v) is 4.50. The predicted molar refractivity (Wildman–Crippen MR) is 103 cm³/mol. The zero-order valence-corrected chi connectivity index (χ0v) is 15.7. The first-order chi connectivity index (χ1) is 12.1. The van der Waals surface area contributed by atoms with Gasteiger partial charge in [0.25, 0.3) is 5.91 Å². The molecule has 3 N–H and O–H groups in total. The minimum atomic E-state index is -0.347. The lowest BCUT2D eigenvalue weighted by Crippen LogP contribution is -2.07. The zero-order chi connectivity index (χ0) is 18.1. The number of carbonyl (C=O) groups is 1. The van der Waals surface area contributed by atoms with Crippen molar-refractivity contribution < 1.29 is 4.79 Å². The Bertz CT molecular complexity index is 814. The van der Waals surface area contributed by atoms with E-state index < -0.39 is 0 Å². The van der Waals surface area contributed by atoms with Crippen LogP contribution in [0.4, 0.5) is 5.69 Å². The fourth-order valence-electron chi connectivity index (χ4n) is 1.69. The van der Waals surface area contributed by atoms with Crippen molar-refractivity contribution in [3.8, 4) is 0 Å². The summed E-state index contributed by atoms with van der Waals surface area (Å²) in [6.07, 6.45) is 3.46. The first-order valence-electron chi connectivity index (χ1n) is 7.13. The number of halogens is 1. The first-order valence-corrected chi connectivity index (χ1v) is 9.61. The van der Waals surface area contributed by atoms with Gasteiger partial charge in [-0.25, -0.2) is 15.0 Å². The molecule has 0 atom stereocenters. The molecule has 0 aliphatic heterocycles. The van der Waals surface area contributed by atoms with Gasteiger partial charge in [0.15, 0.2) is 11.0 Å². The van der Waals surface area contributed by atoms with Crippen molar-refractivity contribution >= 4 is 46.3 Å². The number of hydrogen-bond acceptors (Lipinski definition) is 7. The Hall–Kier alpha value is -2.16. The average Bonchev–Trinajstić information content (AvgIpc) is 3.16. The second kappa shape index (κ2) is 9.97. The molecule has 0 spiro atoms. The highest BCUT2D eigenvalue weighted by molar-refractivity contribution is 7.98. The monoisotopic (exact) mass is 393 g/mol. The lowest BCUT2D eigenvalue weighted by atomic mass is 10.3. The van der Waals surface area contributed by atoms with Gasteiger partial charge < -0.3 is 11.1 Å². The highest BCUT2D eigenvalue weighted by atomic mass is 35.5. The van der Waals surface area contributed by atoms with Gasteiger partial charge in [0.05, 0.1) is 11.4 Å². The third-order valence-electron chi connectivity index (χ3n) is 2.82. The Morgan fingerprint density at radius 3 is 2.76 bits per heavy atom. The molecule has 6 nitrogen and oxygen atoms in total. The van der Waals surface area contributed by atoms with Crippen LogP contribution in [0, 0.1) is 0 Å². The molecule has 130 valence electrons. The SMILES string of the molecule is CSc1ncnc(CNc2cccc(Cl)c2)n1.NC(=O)c1cccs1. The molecule has 3 rings (SSSR count). The molecule has 0 unspecified atom stereocenters. The van der Waals surface area contributed by atoms with Crippen LogP contribution in [-0.2, 0) is 6.54 Å². The molecule has 1 aromatic carbocycles. The fourth-order valence-corrected chi connectivity index (χ4v) is 2.81. The van der Waals surface area contributed by atoms with Crippen LogP contribution in [0.5, 0.6) is 0 Å². The number of benzene rings is 1. The van der Waals surface area contributed by atoms with Crippen LogP contribution < -0.4 is 11.1 Å². The average molecular weight is 394 g/mol. The van der Waals surface area contributed by atoms with Gasteiger partial charge in [-0.2, -0.15) is 0 Å². The summed E-state index contributed by atoms with van der Waals surface area (Å²) >= 11 is 8.74. The number of primary amides is 1. The van der Waals surface area contributed by atoms with Crippen molar-refractivity contribution in [2.24, 2.45) is 5.73 Å². The number of nitrogens with one attached hydrogen (secondary N) is 1. The number of nitrogens with zero attached hydrogens (tertiary/aromatic N) is 3. The third kappa shape index (κ3) is 6.69. The van der Waals surface area contributed by atoms with Crippen LogP contribution in [0.25, 0.3) is 0 Å². The van der Waals surface area contributed by atoms with E-state index in [1.54, 1.807) is 12.1 Å². The molecular formula is C16H16ClN5OS2. The van der Waals surface area contributed by atoms with E-state index in [4.69, 9.17) is 17.3 Å². The van der Waals surface area contributed by atoms with Gasteiger partial charge in [0, 0.05) is 10.7 Å². The Morgan fingerprint density at radius 1 is 1.32 bits per heavy atom. The number of thioether (sulfide) groups is 1. The van der Waals surface area contributed by atoms with Gasteiger partial charge in [-0.3, -0.25) is 4.79 Å². The predicted octanol–water partition coefficient (Wildman–Crippen LogP) is 3.71. The van der Waals surface area contributed by atoms with Gasteiger partial charge in [-0.15, -0.1) is 11.3 Å². The minimum Gasteiger partial charge on any atom is -0.378 e. The summed E-state index contributed by atoms with van der Waals surface area (Å²) in [6, 6.07) is 11.0. The Labute approximate surface area is 158 Å². The maximum absolute atomic E-state index is 10.3. The van der Waals surface area contributed by atoms with Gasteiger partial charge in [-0.05, 0) is 35.9 Å². The maximum atomic E-state index is 10.3. The fraction of sp³-hybridized carbons (Fsp3) is 0.125. The summed E-state index contributed by atoms with van der Waals surface area (Å²) in [4.78, 5) is 23.3. The molecule has 0 radical (unpaired) electrons. The molecule has 1 amide bonds. The Kier molecular flexibility index (Phi) is 7.65. The van der Waals surface area contributed by atoms with E-state index in [1.807, 2.05) is 35.9 Å². The van der Waals surface area contributed by atoms with Crippen LogP contribution in [0.3, 0.4) is 0 Å². The van der Waals surface area contributed by atoms with Crippen LogP contribution >= 0.6 is 34.7 Å². The quantitative estimate of drug-likeness (QED) is 0.642. The lowest BCUT2D eigenvalue weighted by Gasteiger charge is -2.05. The van der Waals surface area contributed by atoms with Crippen molar-refractivity contribution in [3.05, 3.63) is 63.8 Å². The maximum Gasteiger partial charge on any atom is 0.258 e. The number of nitrogens with two attached hydrogens (primary N) is 1. The van der Waals surface area contributed by atoms with E-state index in [9.17, 15) is 4.79 Å². The lowest BCUT2D eigenvalue weighted by molar-refractivity contribution is 0.100. The van der Waals surface area contributed by atoms with Gasteiger partial charge in [-0.1, -0.05) is 35.5 Å². The number of amides is 1. The minimum absolute atomic E-state index is 0.347. The molecule has 0 saturated carbocycles. The number of rotatable bonds is 5. The summed E-state index contributed by atoms with van der Waals surface area (Å²) in [5.41, 5.74) is 5.88. The summed E-state index contributed by atoms with van der Waals surface area (Å²) in [5, 5.41) is 6.46. The van der Waals surface area contributed by atoms with Crippen LogP contribution in [0.1, 0.15) is 15.5 Å². The van der Waals surface area contributed by atoms with E-state index >= 15 is 0 Å². The number of hydrogen-bond donors (Lipinski definition) is 2. The summed E-state index contributed by atoms with van der Waals surface area (Å²) in [7, 11) is 0. The van der Waals surface area contributed by atoms with E-state index in [0.717, 1.165) is 10.8 Å². The number of aromatic nitrogens is 3. The van der Waals surface area contributed by atoms with Crippen molar-refractivity contribution in [1.82, 2.24) is 15.0 Å². The molecule has 2 aromatic heterocycles. The number of carbonyl (C=O) groups excluding carboxylic acids is 1. The Morgan fingerprint density at radius 2 is 2.16 bits per heavy atom. The van der Waals surface area contributed by atoms with Crippen molar-refractivity contribution in [2.75, 3.05) is 11.6 Å². The van der Waals surface area contributed by atoms with E-state index in [1.165, 1.54) is 29.4 Å². The smallest absolute Gasteiger partial charge is 0.258 e. The molecule has 0 aliphatic carbocycles. The van der Waals surface area contributed by atoms with Crippen LogP contribution in [0.2, 0.25) is 5.02 Å². The van der Waals surface area contributed by atoms with Crippen molar-refractivity contribution in [3.63, 3.8) is 0 Å². The molecule has 3 aromatic rings. The molecule has 2 heterocycles. The van der Waals surface area contributed by atoms with Gasteiger partial charge in [0.1, 0.15) is 6.33 Å². The summed E-state index contributed by atoms with van der Waals surface area (Å²) in [5.74, 6) is 0.365. The summed E-state index contributed by atoms with van der Waals surface area (Å²) < 4.78 is 0.